The van der Waals surface area contributed by atoms with Crippen LogP contribution in [0.5, 0.6) is 0 Å². The summed E-state index contributed by atoms with van der Waals surface area (Å²) in [6.45, 7) is 0. The van der Waals surface area contributed by atoms with Crippen molar-refractivity contribution in [2.45, 2.75) is 23.7 Å². The topological polar surface area (TPSA) is 89.7 Å². The SMILES string of the molecule is CSc1cc(-c2cncn2C)ccc1Nc1cc(NC(=O)C2CC2(F)F)nc2c1nc(C(F)F)n2PI. The van der Waals surface area contributed by atoms with E-state index in [2.05, 4.69) is 25.6 Å². The lowest BCUT2D eigenvalue weighted by Gasteiger charge is -2.14. The number of thioether (sulfide) groups is 1. The van der Waals surface area contributed by atoms with Gasteiger partial charge >= 0.3 is 0 Å². The highest BCUT2D eigenvalue weighted by Crippen LogP contribution is 2.49. The maximum absolute atomic E-state index is 13.8. The second kappa shape index (κ2) is 10.0. The van der Waals surface area contributed by atoms with Gasteiger partial charge in [-0.2, -0.15) is 0 Å². The van der Waals surface area contributed by atoms with Crippen LogP contribution in [0.15, 0.2) is 41.7 Å². The van der Waals surface area contributed by atoms with E-state index in [-0.39, 0.29) is 23.4 Å². The minimum absolute atomic E-state index is 0.0310. The second-order valence-electron chi connectivity index (χ2n) is 8.35. The lowest BCUT2D eigenvalue weighted by Crippen LogP contribution is -2.18. The van der Waals surface area contributed by atoms with Crippen LogP contribution in [0.1, 0.15) is 18.7 Å². The first-order valence-corrected chi connectivity index (χ1v) is 16.1. The van der Waals surface area contributed by atoms with Crippen molar-refractivity contribution in [3.8, 4) is 11.3 Å². The van der Waals surface area contributed by atoms with Crippen molar-refractivity contribution < 1.29 is 22.4 Å². The van der Waals surface area contributed by atoms with Gasteiger partial charge in [-0.05, 0) is 40.4 Å². The van der Waals surface area contributed by atoms with E-state index in [4.69, 9.17) is 0 Å². The molecular formula is C22H19F4IN7OPS. The van der Waals surface area contributed by atoms with Crippen molar-refractivity contribution in [2.24, 2.45) is 13.0 Å². The molecule has 0 spiro atoms. The number of imidazole rings is 2. The molecular weight excluding hydrogens is 644 g/mol. The van der Waals surface area contributed by atoms with E-state index >= 15 is 0 Å². The van der Waals surface area contributed by atoms with Gasteiger partial charge in [-0.15, -0.1) is 11.8 Å². The summed E-state index contributed by atoms with van der Waals surface area (Å²) in [5, 5.41) is 5.65. The number of nitrogens with zero attached hydrogens (tertiary/aromatic N) is 5. The first-order valence-electron chi connectivity index (χ1n) is 10.8. The van der Waals surface area contributed by atoms with Crippen molar-refractivity contribution in [3.05, 3.63) is 42.6 Å². The number of hydrogen-bond donors (Lipinski definition) is 2. The van der Waals surface area contributed by atoms with Gasteiger partial charge in [0.15, 0.2) is 11.5 Å². The van der Waals surface area contributed by atoms with Crippen LogP contribution in [0, 0.1) is 5.92 Å². The molecule has 2 atom stereocenters. The fourth-order valence-corrected chi connectivity index (χ4v) is 6.38. The van der Waals surface area contributed by atoms with Gasteiger partial charge in [0, 0.05) is 30.0 Å². The fraction of sp³-hybridized carbons (Fsp3) is 0.273. The van der Waals surface area contributed by atoms with Gasteiger partial charge in [-0.1, -0.05) is 6.07 Å². The summed E-state index contributed by atoms with van der Waals surface area (Å²) in [6.07, 6.45) is 1.81. The molecule has 8 nitrogen and oxygen atoms in total. The first-order chi connectivity index (χ1) is 17.6. The average Bonchev–Trinajstić information content (AvgIpc) is 3.16. The van der Waals surface area contributed by atoms with Gasteiger partial charge in [0.1, 0.15) is 17.3 Å². The van der Waals surface area contributed by atoms with Crippen molar-refractivity contribution >= 4 is 74.4 Å². The number of fused-ring (bicyclic) bond motifs is 1. The van der Waals surface area contributed by atoms with Crippen LogP contribution in [-0.4, -0.2) is 41.9 Å². The highest BCUT2D eigenvalue weighted by molar-refractivity contribution is 14.2. The number of carbonyl (C=O) groups is 1. The van der Waals surface area contributed by atoms with Gasteiger partial charge in [0.05, 0.1) is 36.0 Å². The van der Waals surface area contributed by atoms with Crippen molar-refractivity contribution in [3.63, 3.8) is 0 Å². The summed E-state index contributed by atoms with van der Waals surface area (Å²) in [4.78, 5) is 25.8. The predicted molar refractivity (Wildman–Crippen MR) is 146 cm³/mol. The van der Waals surface area contributed by atoms with Gasteiger partial charge in [-0.3, -0.25) is 9.13 Å². The molecule has 1 aliphatic rings. The van der Waals surface area contributed by atoms with Crippen LogP contribution in [0.3, 0.4) is 0 Å². The van der Waals surface area contributed by atoms with Gasteiger partial charge < -0.3 is 15.2 Å². The number of benzene rings is 1. The van der Waals surface area contributed by atoms with E-state index in [0.29, 0.717) is 11.4 Å². The number of hydrogen-bond acceptors (Lipinski definition) is 6. The van der Waals surface area contributed by atoms with Crippen LogP contribution in [-0.2, 0) is 11.8 Å². The normalized spacial score (nSPS) is 16.7. The van der Waals surface area contributed by atoms with Gasteiger partial charge in [0.2, 0.25) is 5.91 Å². The lowest BCUT2D eigenvalue weighted by atomic mass is 10.1. The molecule has 2 unspecified atom stereocenters. The van der Waals surface area contributed by atoms with E-state index < -0.39 is 36.4 Å². The number of halogens is 5. The lowest BCUT2D eigenvalue weighted by molar-refractivity contribution is -0.119. The molecule has 2 N–H and O–H groups in total. The van der Waals surface area contributed by atoms with E-state index in [1.807, 2.05) is 58.1 Å². The van der Waals surface area contributed by atoms with Crippen LogP contribution < -0.4 is 10.6 Å². The molecule has 15 heteroatoms. The van der Waals surface area contributed by atoms with Crippen LogP contribution >= 0.6 is 40.2 Å². The molecule has 1 aromatic carbocycles. The number of aryl methyl sites for hydroxylation is 1. The summed E-state index contributed by atoms with van der Waals surface area (Å²) in [6, 6.07) is 7.12. The van der Waals surface area contributed by atoms with Crippen LogP contribution in [0.4, 0.5) is 34.8 Å². The number of rotatable bonds is 8. The molecule has 3 aromatic heterocycles. The second-order valence-corrected chi connectivity index (χ2v) is 11.3. The first kappa shape index (κ1) is 26.2. The molecule has 1 fully saturated rings. The summed E-state index contributed by atoms with van der Waals surface area (Å²) in [5.41, 5.74) is 3.12. The number of aromatic nitrogens is 5. The number of alkyl halides is 4. The van der Waals surface area contributed by atoms with Crippen molar-refractivity contribution in [1.29, 1.82) is 0 Å². The van der Waals surface area contributed by atoms with E-state index in [1.54, 1.807) is 12.5 Å². The molecule has 1 aliphatic carbocycles. The highest BCUT2D eigenvalue weighted by Gasteiger charge is 2.61. The Labute approximate surface area is 227 Å². The maximum atomic E-state index is 13.8. The van der Waals surface area contributed by atoms with Gasteiger partial charge in [0.25, 0.3) is 12.3 Å². The molecule has 3 heterocycles. The Morgan fingerprint density at radius 3 is 2.62 bits per heavy atom. The number of amides is 1. The molecule has 0 bridgehead atoms. The molecule has 194 valence electrons. The molecule has 1 amide bonds. The van der Waals surface area contributed by atoms with Crippen molar-refractivity contribution in [2.75, 3.05) is 16.9 Å². The number of nitrogens with one attached hydrogen (secondary N) is 2. The summed E-state index contributed by atoms with van der Waals surface area (Å²) >= 11 is 3.41. The Morgan fingerprint density at radius 2 is 2.03 bits per heavy atom. The monoisotopic (exact) mass is 663 g/mol. The predicted octanol–water partition coefficient (Wildman–Crippen LogP) is 6.62. The standard InChI is InChI=1S/C22H19F4IN7OPS/c1-33-9-28-8-14(33)10-3-4-12(15(5-10)37-2)29-13-6-16(31-21(35)11-7-22(11,25)26)30-19-17(13)32-20(18(23)24)34(19)36-27/h3-6,8-9,11,18,36H,7H2,1-2H3,(H2,29,30,31,35). The summed E-state index contributed by atoms with van der Waals surface area (Å²) in [5.74, 6) is -5.85. The zero-order chi connectivity index (χ0) is 26.5. The van der Waals surface area contributed by atoms with Crippen LogP contribution in [0.2, 0.25) is 0 Å². The quantitative estimate of drug-likeness (QED) is 0.0954. The molecule has 0 aliphatic heterocycles. The van der Waals surface area contributed by atoms with Crippen LogP contribution in [0.25, 0.3) is 22.4 Å². The molecule has 0 saturated heterocycles. The van der Waals surface area contributed by atoms with E-state index in [1.165, 1.54) is 22.2 Å². The third-order valence-electron chi connectivity index (χ3n) is 5.90. The third kappa shape index (κ3) is 5.02. The fourth-order valence-electron chi connectivity index (χ4n) is 3.90. The molecule has 5 rings (SSSR count). The molecule has 1 saturated carbocycles. The van der Waals surface area contributed by atoms with E-state index in [9.17, 15) is 22.4 Å². The largest absolute Gasteiger partial charge is 0.353 e. The maximum Gasteiger partial charge on any atom is 0.295 e. The summed E-state index contributed by atoms with van der Waals surface area (Å²) in [7, 11) is 1.89. The summed E-state index contributed by atoms with van der Waals surface area (Å²) < 4.78 is 57.5. The Bertz CT molecular complexity index is 1510. The molecule has 4 aromatic rings. The smallest absolute Gasteiger partial charge is 0.295 e. The Balaban J connectivity index is 1.57. The highest BCUT2D eigenvalue weighted by atomic mass is 127. The van der Waals surface area contributed by atoms with E-state index in [0.717, 1.165) is 16.2 Å². The Kier molecular flexibility index (Phi) is 7.09. The Morgan fingerprint density at radius 1 is 1.27 bits per heavy atom. The molecule has 37 heavy (non-hydrogen) atoms. The molecule has 0 radical (unpaired) electrons. The Hall–Kier alpha value is -2.45. The minimum atomic E-state index is -3.05. The zero-order valence-electron chi connectivity index (χ0n) is 19.3. The number of anilines is 3. The zero-order valence-corrected chi connectivity index (χ0v) is 23.2. The third-order valence-corrected chi connectivity index (χ3v) is 8.73. The minimum Gasteiger partial charge on any atom is -0.353 e. The number of carbonyl (C=O) groups excluding carboxylic acids is 1. The average molecular weight is 663 g/mol. The van der Waals surface area contributed by atoms with Crippen molar-refractivity contribution in [1.82, 2.24) is 23.9 Å². The van der Waals surface area contributed by atoms with Gasteiger partial charge in [-0.25, -0.2) is 32.5 Å². The number of pyridine rings is 1.